The lowest BCUT2D eigenvalue weighted by Crippen LogP contribution is -1.81. The van der Waals surface area contributed by atoms with Crippen molar-refractivity contribution in [2.24, 2.45) is 0 Å². The third-order valence-corrected chi connectivity index (χ3v) is 2.17. The van der Waals surface area contributed by atoms with Crippen LogP contribution in [0.5, 0.6) is 0 Å². The first-order valence-electron chi connectivity index (χ1n) is 3.85. The molecule has 1 heterocycles. The summed E-state index contributed by atoms with van der Waals surface area (Å²) >= 11 is 0. The van der Waals surface area contributed by atoms with E-state index in [1.54, 1.807) is 21.3 Å². The molecule has 0 atom stereocenters. The zero-order chi connectivity index (χ0) is 9.23. The zero-order valence-electron chi connectivity index (χ0n) is 7.91. The minimum Gasteiger partial charge on any atom is -0.381 e. The van der Waals surface area contributed by atoms with Crippen molar-refractivity contribution >= 4 is 8.60 Å². The Bertz CT molecular complexity index is 70.4. The summed E-state index contributed by atoms with van der Waals surface area (Å²) in [7, 11) is 3.57. The molecular weight excluding hydrogens is 179 g/mol. The van der Waals surface area contributed by atoms with Gasteiger partial charge in [-0.2, -0.15) is 0 Å². The molecular formula is C7H17O4P. The van der Waals surface area contributed by atoms with Crippen LogP contribution in [0.15, 0.2) is 0 Å². The van der Waals surface area contributed by atoms with Gasteiger partial charge in [0.2, 0.25) is 0 Å². The minimum absolute atomic E-state index is 1.00. The average molecular weight is 196 g/mol. The van der Waals surface area contributed by atoms with Crippen molar-refractivity contribution < 1.29 is 18.3 Å². The van der Waals surface area contributed by atoms with E-state index in [2.05, 4.69) is 13.6 Å². The number of hydrogen-bond donors (Lipinski definition) is 0. The van der Waals surface area contributed by atoms with Crippen molar-refractivity contribution in [1.29, 1.82) is 0 Å². The Balaban J connectivity index is 0.000000211. The van der Waals surface area contributed by atoms with Crippen LogP contribution in [0.1, 0.15) is 12.8 Å². The second-order valence-electron chi connectivity index (χ2n) is 2.09. The monoisotopic (exact) mass is 196 g/mol. The van der Waals surface area contributed by atoms with E-state index >= 15 is 0 Å². The Morgan fingerprint density at radius 1 is 0.917 bits per heavy atom. The van der Waals surface area contributed by atoms with Crippen LogP contribution in [0, 0.1) is 0 Å². The molecule has 1 rings (SSSR count). The van der Waals surface area contributed by atoms with E-state index in [0.29, 0.717) is 0 Å². The molecule has 4 nitrogen and oxygen atoms in total. The fraction of sp³-hybridized carbons (Fsp3) is 1.00. The van der Waals surface area contributed by atoms with Gasteiger partial charge >= 0.3 is 8.60 Å². The molecule has 74 valence electrons. The highest BCUT2D eigenvalue weighted by molar-refractivity contribution is 7.41. The van der Waals surface area contributed by atoms with E-state index in [-0.39, 0.29) is 0 Å². The molecule has 1 fully saturated rings. The van der Waals surface area contributed by atoms with Crippen LogP contribution in [-0.4, -0.2) is 34.5 Å². The summed E-state index contributed by atoms with van der Waals surface area (Å²) < 4.78 is 19.0. The van der Waals surface area contributed by atoms with Crippen LogP contribution in [0.2, 0.25) is 0 Å². The number of hydrogen-bond acceptors (Lipinski definition) is 4. The molecule has 0 spiro atoms. The van der Waals surface area contributed by atoms with Gasteiger partial charge < -0.3 is 18.3 Å². The number of rotatable bonds is 3. The highest BCUT2D eigenvalue weighted by atomic mass is 31.2. The molecule has 1 saturated heterocycles. The van der Waals surface area contributed by atoms with Crippen LogP contribution in [0.25, 0.3) is 0 Å². The molecule has 0 aliphatic carbocycles. The molecule has 0 radical (unpaired) electrons. The Kier molecular flexibility index (Phi) is 9.57. The summed E-state index contributed by atoms with van der Waals surface area (Å²) in [6.07, 6.45) is 2.56. The molecule has 0 N–H and O–H groups in total. The molecule has 5 heteroatoms. The predicted molar refractivity (Wildman–Crippen MR) is 48.0 cm³/mol. The van der Waals surface area contributed by atoms with Crippen LogP contribution in [0.4, 0.5) is 0 Å². The van der Waals surface area contributed by atoms with Gasteiger partial charge in [0.15, 0.2) is 0 Å². The molecule has 0 amide bonds. The van der Waals surface area contributed by atoms with E-state index in [1.807, 2.05) is 0 Å². The van der Waals surface area contributed by atoms with Crippen molar-refractivity contribution in [2.45, 2.75) is 12.8 Å². The lowest BCUT2D eigenvalue weighted by molar-refractivity contribution is 0.198. The Morgan fingerprint density at radius 3 is 1.42 bits per heavy atom. The summed E-state index contributed by atoms with van der Waals surface area (Å²) in [5.74, 6) is 0. The molecule has 1 aliphatic rings. The highest BCUT2D eigenvalue weighted by Crippen LogP contribution is 2.35. The molecule has 12 heavy (non-hydrogen) atoms. The molecule has 0 saturated carbocycles. The van der Waals surface area contributed by atoms with E-state index in [4.69, 9.17) is 4.74 Å². The van der Waals surface area contributed by atoms with Crippen LogP contribution >= 0.6 is 8.60 Å². The van der Waals surface area contributed by atoms with Crippen molar-refractivity contribution in [3.05, 3.63) is 0 Å². The van der Waals surface area contributed by atoms with E-state index in [0.717, 1.165) is 13.2 Å². The van der Waals surface area contributed by atoms with Gasteiger partial charge in [-0.3, -0.25) is 0 Å². The van der Waals surface area contributed by atoms with Crippen LogP contribution < -0.4 is 0 Å². The van der Waals surface area contributed by atoms with Gasteiger partial charge in [0, 0.05) is 34.5 Å². The second-order valence-corrected chi connectivity index (χ2v) is 3.63. The van der Waals surface area contributed by atoms with Crippen molar-refractivity contribution in [2.75, 3.05) is 34.5 Å². The molecule has 0 unspecified atom stereocenters. The Labute approximate surface area is 75.1 Å². The minimum atomic E-state index is -1.05. The third kappa shape index (κ3) is 6.95. The van der Waals surface area contributed by atoms with Crippen molar-refractivity contribution in [1.82, 2.24) is 0 Å². The van der Waals surface area contributed by atoms with Gasteiger partial charge in [-0.05, 0) is 12.8 Å². The maximum Gasteiger partial charge on any atom is 0.331 e. The predicted octanol–water partition coefficient (Wildman–Crippen LogP) is 1.95. The Hall–Kier alpha value is 0.270. The summed E-state index contributed by atoms with van der Waals surface area (Å²) in [4.78, 5) is 0. The first-order valence-corrected chi connectivity index (χ1v) is 4.95. The maximum absolute atomic E-state index is 4.94. The normalized spacial score (nSPS) is 16.0. The SMILES string of the molecule is C1CCOC1.COP(OC)OC. The smallest absolute Gasteiger partial charge is 0.331 e. The Morgan fingerprint density at radius 2 is 1.33 bits per heavy atom. The standard InChI is InChI=1S/C4H8O.C3H9O3P/c1-2-4-5-3-1;1-4-7(5-2)6-3/h1-4H2;1-3H3. The number of ether oxygens (including phenoxy) is 1. The van der Waals surface area contributed by atoms with Gasteiger partial charge in [-0.25, -0.2) is 0 Å². The first kappa shape index (κ1) is 12.3. The molecule has 0 aromatic carbocycles. The van der Waals surface area contributed by atoms with E-state index in [9.17, 15) is 0 Å². The quantitative estimate of drug-likeness (QED) is 0.646. The lowest BCUT2D eigenvalue weighted by Gasteiger charge is -2.05. The second kappa shape index (κ2) is 9.36. The summed E-state index contributed by atoms with van der Waals surface area (Å²) in [6, 6.07) is 0. The first-order chi connectivity index (χ1) is 5.85. The highest BCUT2D eigenvalue weighted by Gasteiger charge is 2.00. The van der Waals surface area contributed by atoms with Crippen LogP contribution in [0.3, 0.4) is 0 Å². The fourth-order valence-electron chi connectivity index (χ4n) is 0.734. The van der Waals surface area contributed by atoms with Gasteiger partial charge in [0.1, 0.15) is 0 Å². The average Bonchev–Trinajstić information content (AvgIpc) is 2.64. The molecule has 0 aromatic rings. The van der Waals surface area contributed by atoms with E-state index in [1.165, 1.54) is 12.8 Å². The summed E-state index contributed by atoms with van der Waals surface area (Å²) in [5, 5.41) is 0. The van der Waals surface area contributed by atoms with Crippen molar-refractivity contribution in [3.8, 4) is 0 Å². The maximum atomic E-state index is 4.94. The van der Waals surface area contributed by atoms with Gasteiger partial charge in [-0.1, -0.05) is 0 Å². The van der Waals surface area contributed by atoms with Gasteiger partial charge in [0.25, 0.3) is 0 Å². The van der Waals surface area contributed by atoms with Gasteiger partial charge in [0.05, 0.1) is 0 Å². The largest absolute Gasteiger partial charge is 0.381 e. The molecule has 0 aromatic heterocycles. The van der Waals surface area contributed by atoms with Crippen LogP contribution in [-0.2, 0) is 18.3 Å². The van der Waals surface area contributed by atoms with Crippen molar-refractivity contribution in [3.63, 3.8) is 0 Å². The summed E-state index contributed by atoms with van der Waals surface area (Å²) in [6.45, 7) is 2.00. The third-order valence-electron chi connectivity index (χ3n) is 1.27. The van der Waals surface area contributed by atoms with Gasteiger partial charge in [-0.15, -0.1) is 0 Å². The summed E-state index contributed by atoms with van der Waals surface area (Å²) in [5.41, 5.74) is 0. The molecule has 0 bridgehead atoms. The van der Waals surface area contributed by atoms with E-state index < -0.39 is 8.60 Å². The lowest BCUT2D eigenvalue weighted by atomic mass is 10.4. The topological polar surface area (TPSA) is 36.9 Å². The fourth-order valence-corrected chi connectivity index (χ4v) is 1.18. The zero-order valence-corrected chi connectivity index (χ0v) is 8.80. The molecule has 1 aliphatic heterocycles.